The summed E-state index contributed by atoms with van der Waals surface area (Å²) >= 11 is 0. The first-order chi connectivity index (χ1) is 7.90. The number of aliphatic hydroxyl groups excluding tert-OH is 1. The van der Waals surface area contributed by atoms with E-state index in [1.165, 1.54) is 5.69 Å². The van der Waals surface area contributed by atoms with E-state index in [1.54, 1.807) is 0 Å². The molecular weight excluding hydrogens is 200 g/mol. The third-order valence-electron chi connectivity index (χ3n) is 3.08. The highest BCUT2D eigenvalue weighted by molar-refractivity contribution is 5.46. The molecule has 16 heavy (non-hydrogen) atoms. The number of rotatable bonds is 3. The maximum Gasteiger partial charge on any atom is 0.0446 e. The molecule has 1 fully saturated rings. The predicted octanol–water partition coefficient (Wildman–Crippen LogP) is 1.24. The molecule has 2 N–H and O–H groups in total. The maximum atomic E-state index is 9.01. The first kappa shape index (κ1) is 11.4. The van der Waals surface area contributed by atoms with Gasteiger partial charge in [-0.3, -0.25) is 0 Å². The van der Waals surface area contributed by atoms with Gasteiger partial charge in [-0.15, -0.1) is 0 Å². The molecular formula is C13H20N2O. The van der Waals surface area contributed by atoms with Crippen LogP contribution in [0.5, 0.6) is 0 Å². The number of nitrogens with zero attached hydrogens (tertiary/aromatic N) is 1. The zero-order valence-corrected chi connectivity index (χ0v) is 9.60. The van der Waals surface area contributed by atoms with Gasteiger partial charge in [0.1, 0.15) is 0 Å². The van der Waals surface area contributed by atoms with Crippen LogP contribution in [0.3, 0.4) is 0 Å². The molecule has 1 unspecified atom stereocenters. The highest BCUT2D eigenvalue weighted by Gasteiger charge is 2.16. The Bertz CT molecular complexity index is 302. The van der Waals surface area contributed by atoms with Crippen LogP contribution in [-0.4, -0.2) is 37.4 Å². The largest absolute Gasteiger partial charge is 0.396 e. The third kappa shape index (κ3) is 2.97. The molecule has 1 aliphatic heterocycles. The van der Waals surface area contributed by atoms with Gasteiger partial charge in [0.05, 0.1) is 0 Å². The van der Waals surface area contributed by atoms with Crippen LogP contribution >= 0.6 is 0 Å². The summed E-state index contributed by atoms with van der Waals surface area (Å²) in [6, 6.07) is 10.9. The van der Waals surface area contributed by atoms with Crippen molar-refractivity contribution in [2.75, 3.05) is 31.1 Å². The fourth-order valence-corrected chi connectivity index (χ4v) is 2.22. The van der Waals surface area contributed by atoms with Gasteiger partial charge in [-0.25, -0.2) is 0 Å². The molecule has 3 heteroatoms. The molecule has 1 aromatic rings. The van der Waals surface area contributed by atoms with E-state index in [0.717, 1.165) is 32.5 Å². The number of aliphatic hydroxyl groups is 1. The van der Waals surface area contributed by atoms with Crippen molar-refractivity contribution >= 4 is 5.69 Å². The van der Waals surface area contributed by atoms with Gasteiger partial charge in [0.2, 0.25) is 0 Å². The first-order valence-corrected chi connectivity index (χ1v) is 6.04. The van der Waals surface area contributed by atoms with Crippen molar-refractivity contribution < 1.29 is 5.11 Å². The highest BCUT2D eigenvalue weighted by atomic mass is 16.3. The molecule has 0 aliphatic carbocycles. The van der Waals surface area contributed by atoms with Crippen LogP contribution in [0.15, 0.2) is 30.3 Å². The standard InChI is InChI=1S/C13H20N2O/c16-10-7-12-11-15(9-4-8-14-12)13-5-2-1-3-6-13/h1-3,5-6,12,14,16H,4,7-11H2. The smallest absolute Gasteiger partial charge is 0.0446 e. The first-order valence-electron chi connectivity index (χ1n) is 6.04. The molecule has 2 rings (SSSR count). The second-order valence-corrected chi connectivity index (χ2v) is 4.30. The fourth-order valence-electron chi connectivity index (χ4n) is 2.22. The Morgan fingerprint density at radius 1 is 1.31 bits per heavy atom. The van der Waals surface area contributed by atoms with E-state index in [-0.39, 0.29) is 6.61 Å². The number of nitrogens with one attached hydrogen (secondary N) is 1. The normalized spacial score (nSPS) is 21.8. The molecule has 3 nitrogen and oxygen atoms in total. The second kappa shape index (κ2) is 5.87. The van der Waals surface area contributed by atoms with Crippen molar-refractivity contribution in [1.82, 2.24) is 5.32 Å². The zero-order valence-electron chi connectivity index (χ0n) is 9.60. The van der Waals surface area contributed by atoms with E-state index in [9.17, 15) is 0 Å². The summed E-state index contributed by atoms with van der Waals surface area (Å²) in [5.41, 5.74) is 1.29. The molecule has 1 aliphatic rings. The van der Waals surface area contributed by atoms with Gasteiger partial charge in [-0.2, -0.15) is 0 Å². The lowest BCUT2D eigenvalue weighted by molar-refractivity contribution is 0.267. The second-order valence-electron chi connectivity index (χ2n) is 4.30. The van der Waals surface area contributed by atoms with Crippen molar-refractivity contribution in [3.05, 3.63) is 30.3 Å². The Morgan fingerprint density at radius 3 is 2.88 bits per heavy atom. The van der Waals surface area contributed by atoms with Gasteiger partial charge in [-0.05, 0) is 31.5 Å². The maximum absolute atomic E-state index is 9.01. The van der Waals surface area contributed by atoms with Crippen molar-refractivity contribution in [2.24, 2.45) is 0 Å². The van der Waals surface area contributed by atoms with Gasteiger partial charge in [0, 0.05) is 31.4 Å². The van der Waals surface area contributed by atoms with Gasteiger partial charge >= 0.3 is 0 Å². The minimum absolute atomic E-state index is 0.264. The van der Waals surface area contributed by atoms with Gasteiger partial charge in [0.15, 0.2) is 0 Å². The molecule has 0 saturated carbocycles. The lowest BCUT2D eigenvalue weighted by Gasteiger charge is -2.26. The number of benzene rings is 1. The monoisotopic (exact) mass is 220 g/mol. The van der Waals surface area contributed by atoms with Crippen molar-refractivity contribution in [3.63, 3.8) is 0 Å². The van der Waals surface area contributed by atoms with Crippen LogP contribution < -0.4 is 10.2 Å². The Labute approximate surface area is 97.1 Å². The SMILES string of the molecule is OCCC1CN(c2ccccc2)CCCN1. The van der Waals surface area contributed by atoms with Crippen LogP contribution in [0.1, 0.15) is 12.8 Å². The van der Waals surface area contributed by atoms with E-state index < -0.39 is 0 Å². The summed E-state index contributed by atoms with van der Waals surface area (Å²) in [4.78, 5) is 2.40. The number of para-hydroxylation sites is 1. The molecule has 0 spiro atoms. The Hall–Kier alpha value is -1.06. The molecule has 1 aromatic carbocycles. The Kier molecular flexibility index (Phi) is 4.19. The number of anilines is 1. The Balaban J connectivity index is 2.03. The van der Waals surface area contributed by atoms with Crippen molar-refractivity contribution in [1.29, 1.82) is 0 Å². The molecule has 1 atom stereocenters. The quantitative estimate of drug-likeness (QED) is 0.804. The van der Waals surface area contributed by atoms with E-state index in [1.807, 2.05) is 6.07 Å². The molecule has 1 saturated heterocycles. The average molecular weight is 220 g/mol. The minimum Gasteiger partial charge on any atom is -0.396 e. The summed E-state index contributed by atoms with van der Waals surface area (Å²) in [5.74, 6) is 0. The van der Waals surface area contributed by atoms with Crippen LogP contribution in [0, 0.1) is 0 Å². The van der Waals surface area contributed by atoms with Gasteiger partial charge < -0.3 is 15.3 Å². The number of hydrogen-bond acceptors (Lipinski definition) is 3. The number of hydrogen-bond donors (Lipinski definition) is 2. The van der Waals surface area contributed by atoms with E-state index in [4.69, 9.17) is 5.11 Å². The molecule has 0 bridgehead atoms. The van der Waals surface area contributed by atoms with Gasteiger partial charge in [-0.1, -0.05) is 18.2 Å². The average Bonchev–Trinajstić information content (AvgIpc) is 2.56. The van der Waals surface area contributed by atoms with Crippen LogP contribution in [0.25, 0.3) is 0 Å². The topological polar surface area (TPSA) is 35.5 Å². The lowest BCUT2D eigenvalue weighted by atomic mass is 10.2. The zero-order chi connectivity index (χ0) is 11.2. The molecule has 0 radical (unpaired) electrons. The van der Waals surface area contributed by atoms with Gasteiger partial charge in [0.25, 0.3) is 0 Å². The summed E-state index contributed by atoms with van der Waals surface area (Å²) < 4.78 is 0. The molecule has 0 aromatic heterocycles. The van der Waals surface area contributed by atoms with E-state index in [2.05, 4.69) is 34.5 Å². The fraction of sp³-hybridized carbons (Fsp3) is 0.538. The van der Waals surface area contributed by atoms with Crippen LogP contribution in [0.4, 0.5) is 5.69 Å². The van der Waals surface area contributed by atoms with Crippen molar-refractivity contribution in [3.8, 4) is 0 Å². The summed E-state index contributed by atoms with van der Waals surface area (Å²) in [7, 11) is 0. The summed E-state index contributed by atoms with van der Waals surface area (Å²) in [6.45, 7) is 3.40. The predicted molar refractivity (Wildman–Crippen MR) is 66.8 cm³/mol. The van der Waals surface area contributed by atoms with E-state index in [0.29, 0.717) is 6.04 Å². The van der Waals surface area contributed by atoms with E-state index >= 15 is 0 Å². The summed E-state index contributed by atoms with van der Waals surface area (Å²) in [6.07, 6.45) is 2.00. The molecule has 88 valence electrons. The third-order valence-corrected chi connectivity index (χ3v) is 3.08. The molecule has 0 amide bonds. The summed E-state index contributed by atoms with van der Waals surface area (Å²) in [5, 5.41) is 12.5. The van der Waals surface area contributed by atoms with Crippen LogP contribution in [0.2, 0.25) is 0 Å². The lowest BCUT2D eigenvalue weighted by Crippen LogP contribution is -2.38. The molecule has 1 heterocycles. The van der Waals surface area contributed by atoms with Crippen LogP contribution in [-0.2, 0) is 0 Å². The highest BCUT2D eigenvalue weighted by Crippen LogP contribution is 2.16. The minimum atomic E-state index is 0.264. The Morgan fingerprint density at radius 2 is 2.12 bits per heavy atom. The van der Waals surface area contributed by atoms with Crippen molar-refractivity contribution in [2.45, 2.75) is 18.9 Å².